The van der Waals surface area contributed by atoms with Crippen molar-refractivity contribution in [1.29, 1.82) is 0 Å². The number of ether oxygens (including phenoxy) is 1. The van der Waals surface area contributed by atoms with Gasteiger partial charge in [-0.05, 0) is 68.5 Å². The Kier molecular flexibility index (Phi) is 4.86. The Bertz CT molecular complexity index is 851. The molecule has 3 aromatic rings. The van der Waals surface area contributed by atoms with Crippen molar-refractivity contribution in [1.82, 2.24) is 9.97 Å². The van der Waals surface area contributed by atoms with E-state index in [9.17, 15) is 0 Å². The highest BCUT2D eigenvalue weighted by Crippen LogP contribution is 2.37. The Labute approximate surface area is 143 Å². The molecule has 0 aliphatic carbocycles. The number of nitrogens with one attached hydrogen (secondary N) is 1. The van der Waals surface area contributed by atoms with Crippen molar-refractivity contribution in [2.75, 3.05) is 13.7 Å². The van der Waals surface area contributed by atoms with Gasteiger partial charge in [0.05, 0.1) is 18.4 Å². The third-order valence-corrected chi connectivity index (χ3v) is 4.59. The number of nitrogens with two attached hydrogens (primary N) is 1. The molecule has 0 spiro atoms. The molecule has 2 aromatic heterocycles. The van der Waals surface area contributed by atoms with Gasteiger partial charge in [0.1, 0.15) is 0 Å². The van der Waals surface area contributed by atoms with Crippen molar-refractivity contribution < 1.29 is 4.74 Å². The zero-order chi connectivity index (χ0) is 17.1. The van der Waals surface area contributed by atoms with Crippen molar-refractivity contribution in [3.8, 4) is 17.1 Å². The summed E-state index contributed by atoms with van der Waals surface area (Å²) in [7, 11) is 1.67. The van der Waals surface area contributed by atoms with Crippen molar-refractivity contribution in [2.45, 2.75) is 33.1 Å². The Morgan fingerprint density at radius 2 is 1.92 bits per heavy atom. The van der Waals surface area contributed by atoms with E-state index in [1.165, 1.54) is 27.6 Å². The topological polar surface area (TPSA) is 63.9 Å². The van der Waals surface area contributed by atoms with Gasteiger partial charge in [0.25, 0.3) is 0 Å². The summed E-state index contributed by atoms with van der Waals surface area (Å²) < 4.78 is 5.49. The number of pyridine rings is 1. The van der Waals surface area contributed by atoms with Crippen LogP contribution in [-0.2, 0) is 6.42 Å². The van der Waals surface area contributed by atoms with E-state index in [0.717, 1.165) is 37.1 Å². The molecule has 4 heteroatoms. The van der Waals surface area contributed by atoms with Crippen LogP contribution in [0.1, 0.15) is 29.5 Å². The molecule has 0 saturated heterocycles. The monoisotopic (exact) mass is 323 g/mol. The summed E-state index contributed by atoms with van der Waals surface area (Å²) in [5.41, 5.74) is 12.9. The molecule has 3 N–H and O–H groups in total. The van der Waals surface area contributed by atoms with Crippen LogP contribution in [0, 0.1) is 13.8 Å². The SMILES string of the molecule is COc1ncccc1-c1[nH]c2c(C)ccc(C)c2c1CCCCN. The third kappa shape index (κ3) is 2.89. The van der Waals surface area contributed by atoms with Gasteiger partial charge in [-0.3, -0.25) is 0 Å². The number of methoxy groups -OCH3 is 1. The van der Waals surface area contributed by atoms with E-state index in [0.29, 0.717) is 5.88 Å². The van der Waals surface area contributed by atoms with E-state index in [1.807, 2.05) is 6.07 Å². The number of nitrogens with zero attached hydrogens (tertiary/aromatic N) is 1. The molecule has 4 nitrogen and oxygen atoms in total. The van der Waals surface area contributed by atoms with Crippen LogP contribution in [-0.4, -0.2) is 23.6 Å². The first-order valence-corrected chi connectivity index (χ1v) is 8.47. The number of H-pyrrole nitrogens is 1. The van der Waals surface area contributed by atoms with E-state index in [-0.39, 0.29) is 0 Å². The number of aryl methyl sites for hydroxylation is 3. The van der Waals surface area contributed by atoms with Crippen LogP contribution in [0.25, 0.3) is 22.2 Å². The minimum Gasteiger partial charge on any atom is -0.481 e. The average Bonchev–Trinajstić information content (AvgIpc) is 2.99. The molecule has 2 heterocycles. The smallest absolute Gasteiger partial charge is 0.222 e. The van der Waals surface area contributed by atoms with Gasteiger partial charge in [-0.25, -0.2) is 4.98 Å². The van der Waals surface area contributed by atoms with Crippen LogP contribution in [0.2, 0.25) is 0 Å². The number of fused-ring (bicyclic) bond motifs is 1. The maximum absolute atomic E-state index is 5.69. The summed E-state index contributed by atoms with van der Waals surface area (Å²) >= 11 is 0. The van der Waals surface area contributed by atoms with Gasteiger partial charge in [0.2, 0.25) is 5.88 Å². The molecule has 0 radical (unpaired) electrons. The molecule has 0 atom stereocenters. The molecule has 1 aromatic carbocycles. The zero-order valence-corrected chi connectivity index (χ0v) is 14.6. The molecule has 24 heavy (non-hydrogen) atoms. The standard InChI is InChI=1S/C20H25N3O/c1-13-9-10-14(2)18-17(13)15(7-4-5-11-21)19(23-18)16-8-6-12-22-20(16)24-3/h6,8-10,12,23H,4-5,7,11,21H2,1-3H3. The fourth-order valence-electron chi connectivity index (χ4n) is 3.36. The summed E-state index contributed by atoms with van der Waals surface area (Å²) in [6.45, 7) is 5.05. The summed E-state index contributed by atoms with van der Waals surface area (Å²) in [5.74, 6) is 0.652. The number of hydrogen-bond donors (Lipinski definition) is 2. The Balaban J connectivity index is 2.24. The molecule has 0 unspecified atom stereocenters. The van der Waals surface area contributed by atoms with Crippen LogP contribution in [0.5, 0.6) is 5.88 Å². The zero-order valence-electron chi connectivity index (χ0n) is 14.6. The molecular weight excluding hydrogens is 298 g/mol. The van der Waals surface area contributed by atoms with Crippen molar-refractivity contribution in [3.63, 3.8) is 0 Å². The number of hydrogen-bond acceptors (Lipinski definition) is 3. The van der Waals surface area contributed by atoms with Crippen LogP contribution in [0.4, 0.5) is 0 Å². The third-order valence-electron chi connectivity index (χ3n) is 4.59. The normalized spacial score (nSPS) is 11.2. The van der Waals surface area contributed by atoms with Crippen molar-refractivity contribution in [2.24, 2.45) is 5.73 Å². The second-order valence-corrected chi connectivity index (χ2v) is 6.23. The summed E-state index contributed by atoms with van der Waals surface area (Å²) in [4.78, 5) is 8.00. The van der Waals surface area contributed by atoms with Crippen LogP contribution >= 0.6 is 0 Å². The molecule has 0 amide bonds. The fraction of sp³-hybridized carbons (Fsp3) is 0.350. The Morgan fingerprint density at radius 3 is 2.67 bits per heavy atom. The van der Waals surface area contributed by atoms with Crippen molar-refractivity contribution >= 4 is 10.9 Å². The molecule has 126 valence electrons. The molecule has 0 fully saturated rings. The Hall–Kier alpha value is -2.33. The predicted octanol–water partition coefficient (Wildman–Crippen LogP) is 4.14. The van der Waals surface area contributed by atoms with Gasteiger partial charge in [-0.1, -0.05) is 12.1 Å². The predicted molar refractivity (Wildman–Crippen MR) is 99.5 cm³/mol. The fourth-order valence-corrected chi connectivity index (χ4v) is 3.36. The quantitative estimate of drug-likeness (QED) is 0.670. The number of benzene rings is 1. The van der Waals surface area contributed by atoms with Gasteiger partial charge in [0.15, 0.2) is 0 Å². The molecule has 0 saturated carbocycles. The molecule has 0 aliphatic heterocycles. The van der Waals surface area contributed by atoms with Gasteiger partial charge in [-0.2, -0.15) is 0 Å². The first-order valence-electron chi connectivity index (χ1n) is 8.47. The summed E-state index contributed by atoms with van der Waals surface area (Å²) in [6, 6.07) is 8.38. The molecule has 0 bridgehead atoms. The number of rotatable bonds is 6. The lowest BCUT2D eigenvalue weighted by molar-refractivity contribution is 0.399. The lowest BCUT2D eigenvalue weighted by atomic mass is 9.97. The lowest BCUT2D eigenvalue weighted by Crippen LogP contribution is -2.00. The van der Waals surface area contributed by atoms with Crippen molar-refractivity contribution in [3.05, 3.63) is 47.2 Å². The highest BCUT2D eigenvalue weighted by atomic mass is 16.5. The maximum atomic E-state index is 5.69. The highest BCUT2D eigenvalue weighted by Gasteiger charge is 2.18. The summed E-state index contributed by atoms with van der Waals surface area (Å²) in [5, 5.41) is 1.33. The lowest BCUT2D eigenvalue weighted by Gasteiger charge is -2.09. The average molecular weight is 323 g/mol. The van der Waals surface area contributed by atoms with E-state index in [2.05, 4.69) is 42.0 Å². The first-order chi connectivity index (χ1) is 11.7. The van der Waals surface area contributed by atoms with E-state index < -0.39 is 0 Å². The van der Waals surface area contributed by atoms with E-state index >= 15 is 0 Å². The van der Waals surface area contributed by atoms with E-state index in [4.69, 9.17) is 10.5 Å². The van der Waals surface area contributed by atoms with Gasteiger partial charge in [0, 0.05) is 17.1 Å². The summed E-state index contributed by atoms with van der Waals surface area (Å²) in [6.07, 6.45) is 4.86. The maximum Gasteiger partial charge on any atom is 0.222 e. The van der Waals surface area contributed by atoms with Crippen LogP contribution in [0.3, 0.4) is 0 Å². The minimum absolute atomic E-state index is 0.652. The van der Waals surface area contributed by atoms with Gasteiger partial charge >= 0.3 is 0 Å². The largest absolute Gasteiger partial charge is 0.481 e. The number of aromatic nitrogens is 2. The van der Waals surface area contributed by atoms with Gasteiger partial charge in [-0.15, -0.1) is 0 Å². The highest BCUT2D eigenvalue weighted by molar-refractivity contribution is 5.95. The van der Waals surface area contributed by atoms with E-state index in [1.54, 1.807) is 13.3 Å². The molecular formula is C20H25N3O. The first kappa shape index (κ1) is 16.5. The Morgan fingerprint density at radius 1 is 1.12 bits per heavy atom. The second-order valence-electron chi connectivity index (χ2n) is 6.23. The molecule has 0 aliphatic rings. The van der Waals surface area contributed by atoms with Gasteiger partial charge < -0.3 is 15.5 Å². The number of aromatic amines is 1. The van der Waals surface area contributed by atoms with Crippen LogP contribution in [0.15, 0.2) is 30.5 Å². The molecule has 3 rings (SSSR count). The second kappa shape index (κ2) is 7.05. The van der Waals surface area contributed by atoms with Crippen LogP contribution < -0.4 is 10.5 Å². The number of unbranched alkanes of at least 4 members (excludes halogenated alkanes) is 1. The minimum atomic E-state index is 0.652.